The number of aromatic nitrogens is 4. The Morgan fingerprint density at radius 2 is 2.04 bits per heavy atom. The molecule has 7 nitrogen and oxygen atoms in total. The second-order valence-electron chi connectivity index (χ2n) is 5.72. The highest BCUT2D eigenvalue weighted by Crippen LogP contribution is 2.13. The van der Waals surface area contributed by atoms with Crippen molar-refractivity contribution in [1.29, 1.82) is 0 Å². The SMILES string of the molecule is O=C(Cn1cnc2sccc2c1=O)NCc1cnn(-c2ccccc2)c1. The highest BCUT2D eigenvalue weighted by molar-refractivity contribution is 7.16. The second kappa shape index (κ2) is 6.93. The minimum absolute atomic E-state index is 0.0650. The number of fused-ring (bicyclic) bond motifs is 1. The number of carbonyl (C=O) groups is 1. The van der Waals surface area contributed by atoms with E-state index >= 15 is 0 Å². The Balaban J connectivity index is 1.40. The van der Waals surface area contributed by atoms with Crippen LogP contribution in [-0.2, 0) is 17.9 Å². The van der Waals surface area contributed by atoms with Crippen LogP contribution in [-0.4, -0.2) is 25.2 Å². The first-order valence-corrected chi connectivity index (χ1v) is 8.87. The second-order valence-corrected chi connectivity index (χ2v) is 6.62. The molecule has 1 aromatic carbocycles. The summed E-state index contributed by atoms with van der Waals surface area (Å²) in [4.78, 5) is 29.3. The summed E-state index contributed by atoms with van der Waals surface area (Å²) in [5.74, 6) is -0.254. The molecule has 8 heteroatoms. The van der Waals surface area contributed by atoms with E-state index in [2.05, 4.69) is 15.4 Å². The van der Waals surface area contributed by atoms with Gasteiger partial charge < -0.3 is 5.32 Å². The number of carbonyl (C=O) groups excluding carboxylic acids is 1. The van der Waals surface area contributed by atoms with E-state index in [0.29, 0.717) is 16.8 Å². The molecule has 0 spiro atoms. The van der Waals surface area contributed by atoms with E-state index in [1.165, 1.54) is 22.2 Å². The first kappa shape index (κ1) is 16.2. The first-order valence-electron chi connectivity index (χ1n) is 7.99. The van der Waals surface area contributed by atoms with Crippen LogP contribution in [0.4, 0.5) is 0 Å². The molecule has 4 rings (SSSR count). The molecule has 1 amide bonds. The number of para-hydroxylation sites is 1. The normalized spacial score (nSPS) is 10.9. The number of benzene rings is 1. The van der Waals surface area contributed by atoms with E-state index in [-0.39, 0.29) is 18.0 Å². The lowest BCUT2D eigenvalue weighted by molar-refractivity contribution is -0.121. The van der Waals surface area contributed by atoms with Gasteiger partial charge in [-0.05, 0) is 23.6 Å². The van der Waals surface area contributed by atoms with Gasteiger partial charge in [-0.25, -0.2) is 9.67 Å². The van der Waals surface area contributed by atoms with Gasteiger partial charge in [-0.1, -0.05) is 18.2 Å². The fourth-order valence-corrected chi connectivity index (χ4v) is 3.31. The van der Waals surface area contributed by atoms with Gasteiger partial charge in [0, 0.05) is 18.3 Å². The van der Waals surface area contributed by atoms with E-state index in [9.17, 15) is 9.59 Å². The van der Waals surface area contributed by atoms with Crippen molar-refractivity contribution in [3.05, 3.63) is 76.4 Å². The van der Waals surface area contributed by atoms with Crippen molar-refractivity contribution in [1.82, 2.24) is 24.6 Å². The number of nitrogens with zero attached hydrogens (tertiary/aromatic N) is 4. The van der Waals surface area contributed by atoms with Gasteiger partial charge >= 0.3 is 0 Å². The maximum Gasteiger partial charge on any atom is 0.262 e. The number of hydrogen-bond acceptors (Lipinski definition) is 5. The Morgan fingerprint density at radius 3 is 2.88 bits per heavy atom. The quantitative estimate of drug-likeness (QED) is 0.586. The van der Waals surface area contributed by atoms with Crippen molar-refractivity contribution in [2.24, 2.45) is 0 Å². The van der Waals surface area contributed by atoms with Gasteiger partial charge in [-0.3, -0.25) is 14.2 Å². The average molecular weight is 365 g/mol. The topological polar surface area (TPSA) is 81.8 Å². The molecule has 0 aliphatic heterocycles. The van der Waals surface area contributed by atoms with Crippen LogP contribution in [0.25, 0.3) is 15.9 Å². The van der Waals surface area contributed by atoms with Crippen molar-refractivity contribution in [2.45, 2.75) is 13.1 Å². The van der Waals surface area contributed by atoms with Crippen LogP contribution < -0.4 is 10.9 Å². The summed E-state index contributed by atoms with van der Waals surface area (Å²) >= 11 is 1.40. The summed E-state index contributed by atoms with van der Waals surface area (Å²) in [6.45, 7) is 0.277. The predicted molar refractivity (Wildman–Crippen MR) is 99.3 cm³/mol. The summed E-state index contributed by atoms with van der Waals surface area (Å²) in [5, 5.41) is 9.45. The monoisotopic (exact) mass is 365 g/mol. The van der Waals surface area contributed by atoms with Gasteiger partial charge in [0.15, 0.2) is 0 Å². The zero-order valence-corrected chi connectivity index (χ0v) is 14.5. The van der Waals surface area contributed by atoms with Crippen LogP contribution in [0.1, 0.15) is 5.56 Å². The van der Waals surface area contributed by atoms with Crippen LogP contribution in [0.5, 0.6) is 0 Å². The van der Waals surface area contributed by atoms with Gasteiger partial charge in [-0.2, -0.15) is 5.10 Å². The summed E-state index contributed by atoms with van der Waals surface area (Å²) in [5.41, 5.74) is 1.62. The fourth-order valence-electron chi connectivity index (χ4n) is 2.59. The summed E-state index contributed by atoms with van der Waals surface area (Å²) in [7, 11) is 0. The van der Waals surface area contributed by atoms with Crippen molar-refractivity contribution >= 4 is 27.5 Å². The van der Waals surface area contributed by atoms with Crippen molar-refractivity contribution < 1.29 is 4.79 Å². The van der Waals surface area contributed by atoms with Gasteiger partial charge in [0.25, 0.3) is 5.56 Å². The zero-order valence-electron chi connectivity index (χ0n) is 13.7. The van der Waals surface area contributed by atoms with E-state index in [1.807, 2.05) is 41.9 Å². The number of thiophene rings is 1. The minimum Gasteiger partial charge on any atom is -0.350 e. The van der Waals surface area contributed by atoms with Gasteiger partial charge in [0.05, 0.1) is 23.6 Å². The molecule has 4 aromatic rings. The zero-order chi connectivity index (χ0) is 17.9. The molecule has 130 valence electrons. The molecule has 0 atom stereocenters. The van der Waals surface area contributed by atoms with Gasteiger partial charge in [-0.15, -0.1) is 11.3 Å². The maximum absolute atomic E-state index is 12.3. The van der Waals surface area contributed by atoms with Crippen molar-refractivity contribution in [3.8, 4) is 5.69 Å². The van der Waals surface area contributed by atoms with Gasteiger partial charge in [0.1, 0.15) is 11.4 Å². The van der Waals surface area contributed by atoms with Crippen LogP contribution >= 0.6 is 11.3 Å². The molecule has 0 unspecified atom stereocenters. The maximum atomic E-state index is 12.3. The third-order valence-electron chi connectivity index (χ3n) is 3.91. The number of rotatable bonds is 5. The summed E-state index contributed by atoms with van der Waals surface area (Å²) in [6.07, 6.45) is 4.98. The Bertz CT molecular complexity index is 1110. The molecule has 0 radical (unpaired) electrons. The Morgan fingerprint density at radius 1 is 1.19 bits per heavy atom. The summed E-state index contributed by atoms with van der Waals surface area (Å²) < 4.78 is 3.07. The Kier molecular flexibility index (Phi) is 4.32. The Hall–Kier alpha value is -3.26. The summed E-state index contributed by atoms with van der Waals surface area (Å²) in [6, 6.07) is 11.5. The van der Waals surface area contributed by atoms with Crippen LogP contribution in [0.2, 0.25) is 0 Å². The molecule has 0 saturated heterocycles. The predicted octanol–water partition coefficient (Wildman–Crippen LogP) is 1.96. The highest BCUT2D eigenvalue weighted by Gasteiger charge is 2.09. The fraction of sp³-hybridized carbons (Fsp3) is 0.111. The van der Waals surface area contributed by atoms with Crippen LogP contribution in [0, 0.1) is 0 Å². The lowest BCUT2D eigenvalue weighted by Gasteiger charge is -2.06. The molecule has 0 fully saturated rings. The standard InChI is InChI=1S/C18H15N5O2S/c24-16(11-22-12-20-17-15(18(22)25)6-7-26-17)19-8-13-9-21-23(10-13)14-4-2-1-3-5-14/h1-7,9-10,12H,8,11H2,(H,19,24). The molecular formula is C18H15N5O2S. The molecule has 0 saturated carbocycles. The first-order chi connectivity index (χ1) is 12.7. The lowest BCUT2D eigenvalue weighted by Crippen LogP contribution is -2.31. The molecule has 1 N–H and O–H groups in total. The van der Waals surface area contributed by atoms with E-state index in [0.717, 1.165) is 11.3 Å². The largest absolute Gasteiger partial charge is 0.350 e. The van der Waals surface area contributed by atoms with Crippen molar-refractivity contribution in [3.63, 3.8) is 0 Å². The molecule has 0 bridgehead atoms. The number of amides is 1. The lowest BCUT2D eigenvalue weighted by atomic mass is 10.3. The number of hydrogen-bond donors (Lipinski definition) is 1. The van der Waals surface area contributed by atoms with Crippen LogP contribution in [0.3, 0.4) is 0 Å². The molecular weight excluding hydrogens is 350 g/mol. The van der Waals surface area contributed by atoms with Crippen molar-refractivity contribution in [2.75, 3.05) is 0 Å². The highest BCUT2D eigenvalue weighted by atomic mass is 32.1. The molecule has 26 heavy (non-hydrogen) atoms. The molecule has 0 aliphatic carbocycles. The molecule has 3 aromatic heterocycles. The minimum atomic E-state index is -0.254. The average Bonchev–Trinajstić information content (AvgIpc) is 3.33. The number of nitrogens with one attached hydrogen (secondary N) is 1. The van der Waals surface area contributed by atoms with Crippen LogP contribution in [0.15, 0.2) is 65.3 Å². The molecule has 0 aliphatic rings. The third-order valence-corrected chi connectivity index (χ3v) is 4.73. The smallest absolute Gasteiger partial charge is 0.262 e. The third kappa shape index (κ3) is 3.27. The van der Waals surface area contributed by atoms with Gasteiger partial charge in [0.2, 0.25) is 5.91 Å². The van der Waals surface area contributed by atoms with E-state index in [1.54, 1.807) is 16.9 Å². The molecule has 3 heterocycles. The Labute approximate surface area is 152 Å². The van der Waals surface area contributed by atoms with E-state index in [4.69, 9.17) is 0 Å². The van der Waals surface area contributed by atoms with E-state index < -0.39 is 0 Å².